The smallest absolute Gasteiger partial charge is 0.424 e. The second-order valence-corrected chi connectivity index (χ2v) is 12.6. The first-order valence-electron chi connectivity index (χ1n) is 15.8. The summed E-state index contributed by atoms with van der Waals surface area (Å²) in [5, 5.41) is 17.1. The van der Waals surface area contributed by atoms with Gasteiger partial charge in [0.05, 0.1) is 24.9 Å². The van der Waals surface area contributed by atoms with Gasteiger partial charge in [-0.2, -0.15) is 13.2 Å². The van der Waals surface area contributed by atoms with Crippen molar-refractivity contribution in [1.29, 1.82) is 0 Å². The number of pyridine rings is 2. The first-order valence-corrected chi connectivity index (χ1v) is 15.8. The average Bonchev–Trinajstić information content (AvgIpc) is 3.63. The van der Waals surface area contributed by atoms with Crippen LogP contribution in [0.3, 0.4) is 0 Å². The molecule has 0 saturated heterocycles. The van der Waals surface area contributed by atoms with Crippen molar-refractivity contribution in [3.05, 3.63) is 107 Å². The second kappa shape index (κ2) is 12.4. The summed E-state index contributed by atoms with van der Waals surface area (Å²) >= 11 is 0. The first kappa shape index (κ1) is 33.0. The Kier molecular flexibility index (Phi) is 8.21. The number of aromatic amines is 1. The largest absolute Gasteiger partial charge is 0.489 e. The number of fused-ring (bicyclic) bond motifs is 2. The van der Waals surface area contributed by atoms with Crippen LogP contribution in [0.25, 0.3) is 22.2 Å². The molecule has 3 aromatic heterocycles. The number of amides is 2. The highest BCUT2D eigenvalue weighted by Gasteiger charge is 2.58. The van der Waals surface area contributed by atoms with Crippen LogP contribution in [0, 0.1) is 5.82 Å². The van der Waals surface area contributed by atoms with Crippen molar-refractivity contribution in [2.45, 2.75) is 49.6 Å². The number of hydrogen-bond donors (Lipinski definition) is 4. The molecule has 5 aromatic rings. The fraction of sp³-hybridized carbons (Fsp3) is 0.278. The maximum Gasteiger partial charge on any atom is 0.424 e. The number of halogens is 4. The van der Waals surface area contributed by atoms with Crippen molar-refractivity contribution >= 4 is 22.7 Å². The number of carbonyl (C=O) groups is 2. The highest BCUT2D eigenvalue weighted by Crippen LogP contribution is 2.48. The minimum absolute atomic E-state index is 0.000647. The molecule has 14 heteroatoms. The zero-order chi connectivity index (χ0) is 35.3. The van der Waals surface area contributed by atoms with E-state index in [0.717, 1.165) is 31.0 Å². The van der Waals surface area contributed by atoms with Gasteiger partial charge in [0.25, 0.3) is 5.91 Å². The topological polar surface area (TPSA) is 138 Å². The molecule has 0 radical (unpaired) electrons. The summed E-state index contributed by atoms with van der Waals surface area (Å²) in [7, 11) is 0. The Morgan fingerprint density at radius 1 is 1.08 bits per heavy atom. The van der Waals surface area contributed by atoms with Crippen molar-refractivity contribution < 1.29 is 41.7 Å². The van der Waals surface area contributed by atoms with Crippen LogP contribution in [0.5, 0.6) is 11.5 Å². The standard InChI is InChI=1S/C36H31F4N5O5/c1-34(33(47)43-17-24-5-3-12-41-24)19-49-31-26(34)16-28(45-30(31)20-6-8-23(37)9-7-20)35(48,36(38,39)40)18-44-32(46)22-14-21-4-2-13-42-29(21)27(15-22)50-25-10-11-25/h2-9,12-16,25,41,48H,10-11,17-19H2,1H3,(H,43,47)(H,44,46)/t34-,35?/m0/s1. The SMILES string of the molecule is C[C@]1(C(=O)NCc2ccc[nH]2)COc2c1cc(C(O)(CNC(=O)c1cc(OC3CC3)c3ncccc3c1)C(F)(F)F)nc2-c1ccc(F)cc1. The minimum atomic E-state index is -5.36. The van der Waals surface area contributed by atoms with E-state index in [0.29, 0.717) is 22.3 Å². The zero-order valence-corrected chi connectivity index (χ0v) is 26.6. The number of aliphatic hydroxyl groups is 1. The lowest BCUT2D eigenvalue weighted by Gasteiger charge is -2.31. The van der Waals surface area contributed by atoms with E-state index < -0.39 is 47.1 Å². The van der Waals surface area contributed by atoms with Crippen LogP contribution in [0.4, 0.5) is 17.6 Å². The van der Waals surface area contributed by atoms with Gasteiger partial charge in [-0.15, -0.1) is 0 Å². The molecule has 2 aromatic carbocycles. The van der Waals surface area contributed by atoms with Crippen LogP contribution in [0.2, 0.25) is 0 Å². The normalized spacial score (nSPS) is 18.2. The summed E-state index contributed by atoms with van der Waals surface area (Å²) in [4.78, 5) is 38.5. The van der Waals surface area contributed by atoms with E-state index in [-0.39, 0.29) is 47.4 Å². The molecule has 50 heavy (non-hydrogen) atoms. The van der Waals surface area contributed by atoms with Gasteiger partial charge in [-0.1, -0.05) is 6.07 Å². The Hall–Kier alpha value is -5.50. The van der Waals surface area contributed by atoms with E-state index >= 15 is 13.2 Å². The molecule has 0 bridgehead atoms. The lowest BCUT2D eigenvalue weighted by Crippen LogP contribution is -2.52. The summed E-state index contributed by atoms with van der Waals surface area (Å²) < 4.78 is 70.7. The Balaban J connectivity index is 1.26. The van der Waals surface area contributed by atoms with Crippen molar-refractivity contribution in [1.82, 2.24) is 25.6 Å². The molecule has 4 N–H and O–H groups in total. The lowest BCUT2D eigenvalue weighted by molar-refractivity contribution is -0.265. The molecule has 1 aliphatic heterocycles. The van der Waals surface area contributed by atoms with Crippen LogP contribution in [-0.2, 0) is 22.4 Å². The Labute approximate surface area is 282 Å². The lowest BCUT2D eigenvalue weighted by atomic mass is 9.81. The Morgan fingerprint density at radius 2 is 1.86 bits per heavy atom. The van der Waals surface area contributed by atoms with Crippen molar-refractivity contribution in [2.24, 2.45) is 0 Å². The molecule has 0 spiro atoms. The highest BCUT2D eigenvalue weighted by atomic mass is 19.4. The van der Waals surface area contributed by atoms with Gasteiger partial charge in [0.2, 0.25) is 11.5 Å². The maximum absolute atomic E-state index is 15.0. The van der Waals surface area contributed by atoms with E-state index in [9.17, 15) is 19.1 Å². The summed E-state index contributed by atoms with van der Waals surface area (Å²) in [5.41, 5.74) is -4.87. The molecular weight excluding hydrogens is 658 g/mol. The third-order valence-electron chi connectivity index (χ3n) is 8.94. The molecule has 7 rings (SSSR count). The van der Waals surface area contributed by atoms with Gasteiger partial charge < -0.3 is 30.2 Å². The molecule has 258 valence electrons. The first-order chi connectivity index (χ1) is 23.9. The Bertz CT molecular complexity index is 2090. The summed E-state index contributed by atoms with van der Waals surface area (Å²) in [6.07, 6.45) is -0.498. The van der Waals surface area contributed by atoms with Gasteiger partial charge in [0.15, 0.2) is 0 Å². The second-order valence-electron chi connectivity index (χ2n) is 12.6. The maximum atomic E-state index is 15.0. The van der Waals surface area contributed by atoms with Gasteiger partial charge in [0.1, 0.15) is 40.5 Å². The van der Waals surface area contributed by atoms with Crippen LogP contribution in [0.1, 0.15) is 47.1 Å². The van der Waals surface area contributed by atoms with E-state index in [2.05, 4.69) is 25.6 Å². The van der Waals surface area contributed by atoms with Crippen molar-refractivity contribution in [3.8, 4) is 22.8 Å². The molecule has 2 aliphatic rings. The fourth-order valence-corrected chi connectivity index (χ4v) is 5.83. The molecule has 2 amide bonds. The summed E-state index contributed by atoms with van der Waals surface area (Å²) in [6, 6.07) is 15.5. The third kappa shape index (κ3) is 6.10. The number of nitrogens with zero attached hydrogens (tertiary/aromatic N) is 2. The van der Waals surface area contributed by atoms with Gasteiger partial charge >= 0.3 is 6.18 Å². The van der Waals surface area contributed by atoms with Crippen molar-refractivity contribution in [2.75, 3.05) is 13.2 Å². The molecule has 1 aliphatic carbocycles. The fourth-order valence-electron chi connectivity index (χ4n) is 5.83. The number of alkyl halides is 3. The average molecular weight is 690 g/mol. The molecule has 1 saturated carbocycles. The van der Waals surface area contributed by atoms with E-state index in [1.54, 1.807) is 36.7 Å². The van der Waals surface area contributed by atoms with Gasteiger partial charge in [-0.3, -0.25) is 14.6 Å². The number of H-pyrrole nitrogens is 1. The number of hydrogen-bond acceptors (Lipinski definition) is 7. The number of rotatable bonds is 10. The molecule has 1 fully saturated rings. The van der Waals surface area contributed by atoms with Crippen LogP contribution >= 0.6 is 0 Å². The van der Waals surface area contributed by atoms with Crippen molar-refractivity contribution in [3.63, 3.8) is 0 Å². The minimum Gasteiger partial charge on any atom is -0.489 e. The molecule has 4 heterocycles. The zero-order valence-electron chi connectivity index (χ0n) is 26.6. The van der Waals surface area contributed by atoms with E-state index in [4.69, 9.17) is 9.47 Å². The summed E-state index contributed by atoms with van der Waals surface area (Å²) in [5.74, 6) is -1.72. The van der Waals surface area contributed by atoms with Gasteiger partial charge in [-0.05, 0) is 80.4 Å². The Morgan fingerprint density at radius 3 is 2.56 bits per heavy atom. The third-order valence-corrected chi connectivity index (χ3v) is 8.94. The number of nitrogens with one attached hydrogen (secondary N) is 3. The molecular formula is C36H31F4N5O5. The predicted octanol–water partition coefficient (Wildman–Crippen LogP) is 5.45. The van der Waals surface area contributed by atoms with Crippen LogP contribution in [-0.4, -0.2) is 57.3 Å². The number of carbonyl (C=O) groups excluding carboxylic acids is 2. The number of benzene rings is 2. The monoisotopic (exact) mass is 689 g/mol. The summed E-state index contributed by atoms with van der Waals surface area (Å²) in [6.45, 7) is 0.0353. The number of ether oxygens (including phenoxy) is 2. The number of aromatic nitrogens is 3. The molecule has 10 nitrogen and oxygen atoms in total. The predicted molar refractivity (Wildman–Crippen MR) is 173 cm³/mol. The van der Waals surface area contributed by atoms with E-state index in [1.807, 2.05) is 0 Å². The van der Waals surface area contributed by atoms with Crippen LogP contribution < -0.4 is 20.1 Å². The highest BCUT2D eigenvalue weighted by molar-refractivity contribution is 6.00. The molecule has 1 unspecified atom stereocenters. The van der Waals surface area contributed by atoms with Gasteiger partial charge in [-0.25, -0.2) is 9.37 Å². The van der Waals surface area contributed by atoms with Gasteiger partial charge in [0, 0.05) is 40.2 Å². The van der Waals surface area contributed by atoms with E-state index in [1.165, 1.54) is 31.2 Å². The quantitative estimate of drug-likeness (QED) is 0.143. The molecule has 2 atom stereocenters. The van der Waals surface area contributed by atoms with Crippen LogP contribution in [0.15, 0.2) is 79.1 Å².